The number of carbonyl (C=O) groups excluding carboxylic acids is 2. The molecule has 2 amide bonds. The Bertz CT molecular complexity index is 1410. The number of hydrazine groups is 2. The van der Waals surface area contributed by atoms with E-state index in [-0.39, 0.29) is 12.5 Å². The summed E-state index contributed by atoms with van der Waals surface area (Å²) >= 11 is 1.53. The van der Waals surface area contributed by atoms with Gasteiger partial charge in [-0.15, -0.1) is 11.3 Å². The van der Waals surface area contributed by atoms with Gasteiger partial charge >= 0.3 is 0 Å². The quantitative estimate of drug-likeness (QED) is 0.238. The van der Waals surface area contributed by atoms with E-state index in [4.69, 9.17) is 25.7 Å². The van der Waals surface area contributed by atoms with Crippen molar-refractivity contribution in [3.63, 3.8) is 0 Å². The first-order valence-electron chi connectivity index (χ1n) is 13.2. The third-order valence-electron chi connectivity index (χ3n) is 7.08. The van der Waals surface area contributed by atoms with Crippen LogP contribution in [0.1, 0.15) is 44.9 Å². The van der Waals surface area contributed by atoms with Crippen molar-refractivity contribution in [3.05, 3.63) is 69.5 Å². The Kier molecular flexibility index (Phi) is 9.31. The molecule has 40 heavy (non-hydrogen) atoms. The van der Waals surface area contributed by atoms with Crippen molar-refractivity contribution in [2.45, 2.75) is 40.5 Å². The Morgan fingerprint density at radius 1 is 1.15 bits per heavy atom. The third kappa shape index (κ3) is 6.23. The van der Waals surface area contributed by atoms with Gasteiger partial charge in [0.15, 0.2) is 11.6 Å². The molecule has 2 aromatic heterocycles. The lowest BCUT2D eigenvalue weighted by molar-refractivity contribution is -0.137. The summed E-state index contributed by atoms with van der Waals surface area (Å²) in [5, 5.41) is 15.1. The van der Waals surface area contributed by atoms with Crippen LogP contribution in [0.25, 0.3) is 16.3 Å². The number of aromatic nitrogens is 2. The van der Waals surface area contributed by atoms with Gasteiger partial charge in [0, 0.05) is 43.8 Å². The van der Waals surface area contributed by atoms with Gasteiger partial charge in [0.1, 0.15) is 6.61 Å². The van der Waals surface area contributed by atoms with Gasteiger partial charge in [-0.2, -0.15) is 5.01 Å². The van der Waals surface area contributed by atoms with Gasteiger partial charge < -0.3 is 9.84 Å². The van der Waals surface area contributed by atoms with E-state index in [1.807, 2.05) is 37.4 Å². The van der Waals surface area contributed by atoms with Crippen LogP contribution in [0.15, 0.2) is 58.2 Å². The van der Waals surface area contributed by atoms with Crippen molar-refractivity contribution in [1.29, 1.82) is 0 Å². The molecule has 0 unspecified atom stereocenters. The largest absolute Gasteiger partial charge is 0.497 e. The number of allylic oxidation sites excluding steroid dienone is 6. The number of aliphatic hydroxyl groups is 1. The highest BCUT2D eigenvalue weighted by Gasteiger charge is 2.34. The maximum absolute atomic E-state index is 12.9. The van der Waals surface area contributed by atoms with Gasteiger partial charge in [0.25, 0.3) is 11.8 Å². The minimum Gasteiger partial charge on any atom is -0.497 e. The monoisotopic (exact) mass is 564 g/mol. The predicted octanol–water partition coefficient (Wildman–Crippen LogP) is 3.76. The zero-order chi connectivity index (χ0) is 29.0. The molecule has 2 aliphatic rings. The smallest absolute Gasteiger partial charge is 0.275 e. The number of rotatable bonds is 11. The molecule has 11 heteroatoms. The highest BCUT2D eigenvalue weighted by atomic mass is 32.1. The van der Waals surface area contributed by atoms with Crippen LogP contribution >= 0.6 is 11.3 Å². The summed E-state index contributed by atoms with van der Waals surface area (Å²) in [5.74, 6) is 6.95. The number of imide groups is 1. The summed E-state index contributed by atoms with van der Waals surface area (Å²) in [6, 6.07) is 3.89. The number of carbonyl (C=O) groups is 2. The van der Waals surface area contributed by atoms with Gasteiger partial charge in [-0.1, -0.05) is 12.1 Å². The second-order valence-electron chi connectivity index (χ2n) is 9.80. The molecule has 0 saturated carbocycles. The molecular weight excluding hydrogens is 528 g/mol. The SMILES string of the molecule is CC1=CC(=O)N(N(C)c2nc(-c3cccs3)nc(C)c2/C(C)=C(\C)C2=CC=C(OCCN(N)CCO)CC2)C1=O. The molecule has 1 aliphatic heterocycles. The van der Waals surface area contributed by atoms with Gasteiger partial charge in [-0.25, -0.2) is 15.0 Å². The number of anilines is 1. The maximum Gasteiger partial charge on any atom is 0.275 e. The van der Waals surface area contributed by atoms with Crippen molar-refractivity contribution in [1.82, 2.24) is 20.0 Å². The molecule has 0 aromatic carbocycles. The van der Waals surface area contributed by atoms with Crippen LogP contribution in [0.3, 0.4) is 0 Å². The van der Waals surface area contributed by atoms with E-state index in [0.717, 1.165) is 56.5 Å². The minimum absolute atomic E-state index is 0.0101. The predicted molar refractivity (Wildman–Crippen MR) is 157 cm³/mol. The standard InChI is InChI=1S/C29H36N6O4S/c1-18-17-25(37)35(29(18)38)33(5)28-26(21(4)31-27(32-28)24-7-6-16-40-24)20(3)19(2)22-8-10-23(11-9-22)39-15-13-34(30)12-14-36/h6-8,10,16-17,36H,9,11-15,30H2,1-5H3/b20-19+. The highest BCUT2D eigenvalue weighted by molar-refractivity contribution is 7.13. The Hall–Kier alpha value is -3.64. The molecule has 0 spiro atoms. The zero-order valence-electron chi connectivity index (χ0n) is 23.6. The van der Waals surface area contributed by atoms with Gasteiger partial charge in [0.2, 0.25) is 0 Å². The topological polar surface area (TPSA) is 125 Å². The average Bonchev–Trinajstić information content (AvgIpc) is 3.55. The van der Waals surface area contributed by atoms with Gasteiger partial charge in [-0.05, 0) is 68.4 Å². The number of hydrogen-bond acceptors (Lipinski definition) is 10. The number of aryl methyl sites for hydroxylation is 1. The number of nitrogens with two attached hydrogens (primary N) is 1. The van der Waals surface area contributed by atoms with Gasteiger partial charge in [-0.3, -0.25) is 20.4 Å². The normalized spacial score (nSPS) is 16.2. The van der Waals surface area contributed by atoms with Crippen LogP contribution in [0.2, 0.25) is 0 Å². The van der Waals surface area contributed by atoms with Gasteiger partial charge in [0.05, 0.1) is 22.9 Å². The Morgan fingerprint density at radius 3 is 2.52 bits per heavy atom. The number of nitrogens with zero attached hydrogens (tertiary/aromatic N) is 5. The molecule has 10 nitrogen and oxygen atoms in total. The van der Waals surface area contributed by atoms with Crippen molar-refractivity contribution >= 4 is 34.5 Å². The number of amides is 2. The zero-order valence-corrected chi connectivity index (χ0v) is 24.4. The summed E-state index contributed by atoms with van der Waals surface area (Å²) in [6.45, 7) is 9.04. The first kappa shape index (κ1) is 29.3. The Morgan fingerprint density at radius 2 is 1.93 bits per heavy atom. The number of hydrogen-bond donors (Lipinski definition) is 2. The number of aliphatic hydroxyl groups excluding tert-OH is 1. The average molecular weight is 565 g/mol. The van der Waals surface area contributed by atoms with Crippen molar-refractivity contribution in [2.75, 3.05) is 38.4 Å². The van der Waals surface area contributed by atoms with Crippen LogP contribution < -0.4 is 10.9 Å². The molecule has 212 valence electrons. The number of thiophene rings is 1. The highest BCUT2D eigenvalue weighted by Crippen LogP contribution is 2.37. The first-order chi connectivity index (χ1) is 19.1. The van der Waals surface area contributed by atoms with Crippen molar-refractivity contribution < 1.29 is 19.4 Å². The first-order valence-corrected chi connectivity index (χ1v) is 14.0. The summed E-state index contributed by atoms with van der Waals surface area (Å²) in [6.07, 6.45) is 6.93. The molecule has 1 aliphatic carbocycles. The van der Waals surface area contributed by atoms with E-state index in [0.29, 0.717) is 36.9 Å². The van der Waals surface area contributed by atoms with Crippen LogP contribution in [-0.2, 0) is 14.3 Å². The molecule has 2 aromatic rings. The fourth-order valence-corrected chi connectivity index (χ4v) is 5.37. The summed E-state index contributed by atoms with van der Waals surface area (Å²) < 4.78 is 5.87. The summed E-state index contributed by atoms with van der Waals surface area (Å²) in [5.41, 5.74) is 5.12. The van der Waals surface area contributed by atoms with Crippen LogP contribution in [0, 0.1) is 6.92 Å². The minimum atomic E-state index is -0.398. The second kappa shape index (κ2) is 12.7. The van der Waals surface area contributed by atoms with E-state index in [1.165, 1.54) is 27.4 Å². The Balaban J connectivity index is 1.67. The fraction of sp³-hybridized carbons (Fsp3) is 0.379. The molecule has 0 radical (unpaired) electrons. The molecule has 4 rings (SSSR count). The van der Waals surface area contributed by atoms with E-state index in [2.05, 4.69) is 13.0 Å². The van der Waals surface area contributed by atoms with E-state index >= 15 is 0 Å². The number of ether oxygens (including phenoxy) is 1. The van der Waals surface area contributed by atoms with E-state index < -0.39 is 5.91 Å². The van der Waals surface area contributed by atoms with Crippen LogP contribution in [-0.4, -0.2) is 70.3 Å². The fourth-order valence-electron chi connectivity index (χ4n) is 4.71. The summed E-state index contributed by atoms with van der Waals surface area (Å²) in [4.78, 5) is 36.2. The molecular formula is C29H36N6O4S. The molecule has 0 saturated heterocycles. The Labute approximate surface area is 238 Å². The van der Waals surface area contributed by atoms with Crippen LogP contribution in [0.4, 0.5) is 5.82 Å². The van der Waals surface area contributed by atoms with Crippen molar-refractivity contribution in [2.24, 2.45) is 5.84 Å². The van der Waals surface area contributed by atoms with E-state index in [1.54, 1.807) is 14.0 Å². The van der Waals surface area contributed by atoms with Crippen LogP contribution in [0.5, 0.6) is 0 Å². The molecule has 3 heterocycles. The molecule has 3 N–H and O–H groups in total. The molecule has 0 fully saturated rings. The third-order valence-corrected chi connectivity index (χ3v) is 7.95. The maximum atomic E-state index is 12.9. The van der Waals surface area contributed by atoms with E-state index in [9.17, 15) is 9.59 Å². The lowest BCUT2D eigenvalue weighted by atomic mass is 9.91. The molecule has 0 atom stereocenters. The summed E-state index contributed by atoms with van der Waals surface area (Å²) in [7, 11) is 1.68. The molecule has 0 bridgehead atoms. The lowest BCUT2D eigenvalue weighted by Crippen LogP contribution is -2.45. The second-order valence-corrected chi connectivity index (χ2v) is 10.7. The lowest BCUT2D eigenvalue weighted by Gasteiger charge is -2.30. The van der Waals surface area contributed by atoms with Crippen molar-refractivity contribution in [3.8, 4) is 10.7 Å².